The van der Waals surface area contributed by atoms with E-state index in [1.165, 1.54) is 0 Å². The Labute approximate surface area is 98.6 Å². The molecule has 0 unspecified atom stereocenters. The first-order valence-electron chi connectivity index (χ1n) is 5.67. The van der Waals surface area contributed by atoms with Crippen molar-refractivity contribution in [1.82, 2.24) is 0 Å². The molecule has 0 bridgehead atoms. The molecular formula is C13H15F3O. The Hall–Kier alpha value is -1.03. The van der Waals surface area contributed by atoms with Gasteiger partial charge in [0.1, 0.15) is 0 Å². The molecule has 0 N–H and O–H groups in total. The van der Waals surface area contributed by atoms with Gasteiger partial charge in [-0.1, -0.05) is 6.92 Å². The highest BCUT2D eigenvalue weighted by molar-refractivity contribution is 5.18. The van der Waals surface area contributed by atoms with Gasteiger partial charge in [0.2, 0.25) is 0 Å². The lowest BCUT2D eigenvalue weighted by molar-refractivity contribution is -0.120. The fraction of sp³-hybridized carbons (Fsp3) is 0.538. The first kappa shape index (κ1) is 12.4. The van der Waals surface area contributed by atoms with Gasteiger partial charge < -0.3 is 4.74 Å². The van der Waals surface area contributed by atoms with Crippen molar-refractivity contribution in [2.24, 2.45) is 5.92 Å². The van der Waals surface area contributed by atoms with Crippen LogP contribution in [0.5, 0.6) is 0 Å². The monoisotopic (exact) mass is 244 g/mol. The molecule has 1 aliphatic carbocycles. The zero-order chi connectivity index (χ0) is 12.6. The Bertz CT molecular complexity index is 402. The molecule has 4 heteroatoms. The Morgan fingerprint density at radius 3 is 2.24 bits per heavy atom. The standard InChI is InChI=1S/C13H15F3O/c1-8-5-13(2,6-8)17-7-9-3-10(14)12(16)11(15)4-9/h3-4,8H,5-7H2,1-2H3. The van der Waals surface area contributed by atoms with Gasteiger partial charge in [0, 0.05) is 0 Å². The zero-order valence-electron chi connectivity index (χ0n) is 9.90. The highest BCUT2D eigenvalue weighted by Gasteiger charge is 2.38. The Kier molecular flexibility index (Phi) is 3.17. The van der Waals surface area contributed by atoms with Crippen molar-refractivity contribution < 1.29 is 17.9 Å². The van der Waals surface area contributed by atoms with Gasteiger partial charge in [0.25, 0.3) is 0 Å². The molecular weight excluding hydrogens is 229 g/mol. The summed E-state index contributed by atoms with van der Waals surface area (Å²) >= 11 is 0. The van der Waals surface area contributed by atoms with E-state index >= 15 is 0 Å². The molecule has 1 aromatic rings. The van der Waals surface area contributed by atoms with Crippen LogP contribution in [0.4, 0.5) is 13.2 Å². The molecule has 0 amide bonds. The summed E-state index contributed by atoms with van der Waals surface area (Å²) in [7, 11) is 0. The van der Waals surface area contributed by atoms with Gasteiger partial charge in [-0.2, -0.15) is 0 Å². The average Bonchev–Trinajstić information content (AvgIpc) is 2.21. The van der Waals surface area contributed by atoms with Crippen molar-refractivity contribution in [1.29, 1.82) is 0 Å². The van der Waals surface area contributed by atoms with Gasteiger partial charge in [0.15, 0.2) is 17.5 Å². The summed E-state index contributed by atoms with van der Waals surface area (Å²) in [6.07, 6.45) is 1.89. The second-order valence-electron chi connectivity index (χ2n) is 5.13. The molecule has 1 fully saturated rings. The molecule has 0 aromatic heterocycles. The average molecular weight is 244 g/mol. The highest BCUT2D eigenvalue weighted by Crippen LogP contribution is 2.40. The number of rotatable bonds is 3. The van der Waals surface area contributed by atoms with E-state index in [1.807, 2.05) is 6.92 Å². The predicted molar refractivity (Wildman–Crippen MR) is 57.9 cm³/mol. The third kappa shape index (κ3) is 2.63. The van der Waals surface area contributed by atoms with Crippen LogP contribution in [0.1, 0.15) is 32.3 Å². The van der Waals surface area contributed by atoms with Gasteiger partial charge in [-0.3, -0.25) is 0 Å². The molecule has 0 spiro atoms. The minimum Gasteiger partial charge on any atom is -0.371 e. The van der Waals surface area contributed by atoms with E-state index < -0.39 is 17.5 Å². The zero-order valence-corrected chi connectivity index (χ0v) is 9.90. The number of ether oxygens (including phenoxy) is 1. The smallest absolute Gasteiger partial charge is 0.194 e. The Morgan fingerprint density at radius 1 is 1.24 bits per heavy atom. The van der Waals surface area contributed by atoms with Crippen LogP contribution in [-0.2, 0) is 11.3 Å². The van der Waals surface area contributed by atoms with Crippen molar-refractivity contribution in [3.05, 3.63) is 35.1 Å². The molecule has 1 aromatic carbocycles. The number of halogens is 3. The SMILES string of the molecule is CC1CC(C)(OCc2cc(F)c(F)c(F)c2)C1. The largest absolute Gasteiger partial charge is 0.371 e. The molecule has 0 atom stereocenters. The Balaban J connectivity index is 2.00. The van der Waals surface area contributed by atoms with Crippen LogP contribution >= 0.6 is 0 Å². The second-order valence-corrected chi connectivity index (χ2v) is 5.13. The summed E-state index contributed by atoms with van der Waals surface area (Å²) in [4.78, 5) is 0. The molecule has 0 saturated heterocycles. The minimum absolute atomic E-state index is 0.108. The van der Waals surface area contributed by atoms with Crippen LogP contribution in [0.15, 0.2) is 12.1 Å². The van der Waals surface area contributed by atoms with E-state index in [1.54, 1.807) is 0 Å². The van der Waals surface area contributed by atoms with Crippen molar-refractivity contribution >= 4 is 0 Å². The number of hydrogen-bond donors (Lipinski definition) is 0. The summed E-state index contributed by atoms with van der Waals surface area (Å²) in [5.41, 5.74) is 0.114. The van der Waals surface area contributed by atoms with Crippen LogP contribution in [0, 0.1) is 23.4 Å². The van der Waals surface area contributed by atoms with Gasteiger partial charge >= 0.3 is 0 Å². The van der Waals surface area contributed by atoms with Gasteiger partial charge in [0.05, 0.1) is 12.2 Å². The first-order chi connectivity index (χ1) is 7.89. The molecule has 0 radical (unpaired) electrons. The quantitative estimate of drug-likeness (QED) is 0.735. The normalized spacial score (nSPS) is 27.9. The van der Waals surface area contributed by atoms with E-state index in [0.29, 0.717) is 11.5 Å². The highest BCUT2D eigenvalue weighted by atomic mass is 19.2. The van der Waals surface area contributed by atoms with Crippen molar-refractivity contribution in [2.75, 3.05) is 0 Å². The lowest BCUT2D eigenvalue weighted by Crippen LogP contribution is -2.42. The molecule has 1 aliphatic rings. The summed E-state index contributed by atoms with van der Waals surface area (Å²) in [5.74, 6) is -3.15. The molecule has 0 heterocycles. The second kappa shape index (κ2) is 4.33. The van der Waals surface area contributed by atoms with E-state index in [2.05, 4.69) is 6.92 Å². The lowest BCUT2D eigenvalue weighted by atomic mass is 9.73. The summed E-state index contributed by atoms with van der Waals surface area (Å²) in [6, 6.07) is 1.95. The molecule has 17 heavy (non-hydrogen) atoms. The van der Waals surface area contributed by atoms with Gasteiger partial charge in [-0.05, 0) is 43.4 Å². The van der Waals surface area contributed by atoms with Gasteiger partial charge in [-0.25, -0.2) is 13.2 Å². The third-order valence-electron chi connectivity index (χ3n) is 3.19. The van der Waals surface area contributed by atoms with Crippen LogP contribution in [0.2, 0.25) is 0 Å². The fourth-order valence-electron chi connectivity index (χ4n) is 2.48. The molecule has 0 aliphatic heterocycles. The Morgan fingerprint density at radius 2 is 1.76 bits per heavy atom. The third-order valence-corrected chi connectivity index (χ3v) is 3.19. The maximum absolute atomic E-state index is 12.9. The van der Waals surface area contributed by atoms with Crippen LogP contribution < -0.4 is 0 Å². The van der Waals surface area contributed by atoms with Crippen LogP contribution in [0.3, 0.4) is 0 Å². The van der Waals surface area contributed by atoms with Crippen molar-refractivity contribution in [3.8, 4) is 0 Å². The fourth-order valence-corrected chi connectivity index (χ4v) is 2.48. The van der Waals surface area contributed by atoms with E-state index in [4.69, 9.17) is 4.74 Å². The van der Waals surface area contributed by atoms with Crippen molar-refractivity contribution in [3.63, 3.8) is 0 Å². The van der Waals surface area contributed by atoms with Crippen LogP contribution in [-0.4, -0.2) is 5.60 Å². The topological polar surface area (TPSA) is 9.23 Å². The van der Waals surface area contributed by atoms with E-state index in [0.717, 1.165) is 25.0 Å². The van der Waals surface area contributed by atoms with E-state index in [-0.39, 0.29) is 12.2 Å². The summed E-state index contributed by atoms with van der Waals surface area (Å²) in [5, 5.41) is 0. The number of benzene rings is 1. The minimum atomic E-state index is -1.43. The molecule has 1 nitrogen and oxygen atoms in total. The molecule has 1 saturated carbocycles. The first-order valence-corrected chi connectivity index (χ1v) is 5.67. The van der Waals surface area contributed by atoms with Crippen molar-refractivity contribution in [2.45, 2.75) is 38.9 Å². The molecule has 94 valence electrons. The number of hydrogen-bond acceptors (Lipinski definition) is 1. The van der Waals surface area contributed by atoms with E-state index in [9.17, 15) is 13.2 Å². The maximum atomic E-state index is 12.9. The molecule has 2 rings (SSSR count). The lowest BCUT2D eigenvalue weighted by Gasteiger charge is -2.43. The summed E-state index contributed by atoms with van der Waals surface area (Å²) < 4.78 is 44.2. The van der Waals surface area contributed by atoms with Crippen LogP contribution in [0.25, 0.3) is 0 Å². The maximum Gasteiger partial charge on any atom is 0.194 e. The summed E-state index contributed by atoms with van der Waals surface area (Å²) in [6.45, 7) is 4.21. The predicted octanol–water partition coefficient (Wildman–Crippen LogP) is 3.81. The van der Waals surface area contributed by atoms with Gasteiger partial charge in [-0.15, -0.1) is 0 Å².